The van der Waals surface area contributed by atoms with Crippen molar-refractivity contribution in [2.45, 2.75) is 37.6 Å². The molecule has 0 aliphatic heterocycles. The second kappa shape index (κ2) is 9.69. The summed E-state index contributed by atoms with van der Waals surface area (Å²) < 4.78 is 2.28. The number of benzene rings is 3. The lowest BCUT2D eigenvalue weighted by atomic mass is 9.85. The van der Waals surface area contributed by atoms with Crippen LogP contribution in [0.15, 0.2) is 66.7 Å². The van der Waals surface area contributed by atoms with Crippen molar-refractivity contribution in [3.05, 3.63) is 99.3 Å². The molecule has 0 spiro atoms. The largest absolute Gasteiger partial charge is 0.465 e. The molecule has 4 aromatic rings. The highest BCUT2D eigenvalue weighted by atomic mass is 35.5. The maximum atomic E-state index is 10.8. The third-order valence-electron chi connectivity index (χ3n) is 6.32. The second-order valence-corrected chi connectivity index (χ2v) is 9.64. The smallest absolute Gasteiger partial charge is 0.404 e. The molecule has 1 fully saturated rings. The fraction of sp³-hybridized carbons (Fsp3) is 0.259. The Labute approximate surface area is 208 Å². The summed E-state index contributed by atoms with van der Waals surface area (Å²) in [6.45, 7) is 1.13. The lowest BCUT2D eigenvalue weighted by Gasteiger charge is -2.20. The predicted molar refractivity (Wildman–Crippen MR) is 136 cm³/mol. The minimum Gasteiger partial charge on any atom is -0.465 e. The Balaban J connectivity index is 1.57. The topological polar surface area (TPSA) is 67.2 Å². The van der Waals surface area contributed by atoms with Crippen molar-refractivity contribution in [2.24, 2.45) is 0 Å². The molecule has 5 rings (SSSR count). The number of carbonyl (C=O) groups is 1. The van der Waals surface area contributed by atoms with Crippen molar-refractivity contribution in [3.63, 3.8) is 0 Å². The fourth-order valence-corrected chi connectivity index (χ4v) is 4.80. The van der Waals surface area contributed by atoms with Crippen LogP contribution in [0, 0.1) is 0 Å². The summed E-state index contributed by atoms with van der Waals surface area (Å²) >= 11 is 12.4. The molecule has 3 aromatic carbocycles. The van der Waals surface area contributed by atoms with Gasteiger partial charge in [-0.1, -0.05) is 53.5 Å². The van der Waals surface area contributed by atoms with Crippen molar-refractivity contribution in [1.82, 2.24) is 14.9 Å². The third kappa shape index (κ3) is 4.91. The number of hydrogen-bond acceptors (Lipinski definition) is 2. The van der Waals surface area contributed by atoms with Crippen LogP contribution in [-0.4, -0.2) is 27.3 Å². The van der Waals surface area contributed by atoms with Gasteiger partial charge in [0.05, 0.1) is 11.0 Å². The Morgan fingerprint density at radius 3 is 2.12 bits per heavy atom. The molecule has 7 heteroatoms. The zero-order chi connectivity index (χ0) is 23.7. The van der Waals surface area contributed by atoms with Crippen LogP contribution in [0.1, 0.15) is 53.6 Å². The molecule has 1 heterocycles. The summed E-state index contributed by atoms with van der Waals surface area (Å²) in [5.41, 5.74) is 5.50. The van der Waals surface area contributed by atoms with E-state index in [1.807, 2.05) is 24.3 Å². The van der Waals surface area contributed by atoms with Crippen molar-refractivity contribution in [1.29, 1.82) is 0 Å². The first-order chi connectivity index (χ1) is 16.5. The molecule has 2 N–H and O–H groups in total. The average molecular weight is 494 g/mol. The number of hydrogen-bond donors (Lipinski definition) is 2. The summed E-state index contributed by atoms with van der Waals surface area (Å²) in [5.74, 6) is 1.61. The monoisotopic (exact) mass is 493 g/mol. The normalized spacial score (nSPS) is 13.5. The lowest BCUT2D eigenvalue weighted by molar-refractivity contribution is 0.194. The van der Waals surface area contributed by atoms with E-state index in [-0.39, 0.29) is 5.92 Å². The van der Waals surface area contributed by atoms with E-state index in [2.05, 4.69) is 52.3 Å². The van der Waals surface area contributed by atoms with Gasteiger partial charge in [0.1, 0.15) is 5.82 Å². The van der Waals surface area contributed by atoms with Crippen LogP contribution in [0.2, 0.25) is 10.0 Å². The van der Waals surface area contributed by atoms with Crippen LogP contribution in [0.25, 0.3) is 11.0 Å². The van der Waals surface area contributed by atoms with E-state index < -0.39 is 6.09 Å². The van der Waals surface area contributed by atoms with E-state index in [0.717, 1.165) is 52.9 Å². The second-order valence-electron chi connectivity index (χ2n) is 8.77. The molecular weight excluding hydrogens is 469 g/mol. The molecule has 0 bridgehead atoms. The number of fused-ring (bicyclic) bond motifs is 1. The summed E-state index contributed by atoms with van der Waals surface area (Å²) in [6, 6.07) is 22.4. The molecule has 0 saturated heterocycles. The average Bonchev–Trinajstić information content (AvgIpc) is 3.61. The van der Waals surface area contributed by atoms with Gasteiger partial charge < -0.3 is 15.0 Å². The summed E-state index contributed by atoms with van der Waals surface area (Å²) in [4.78, 5) is 15.8. The van der Waals surface area contributed by atoms with Crippen LogP contribution in [0.5, 0.6) is 0 Å². The molecule has 0 atom stereocenters. The summed E-state index contributed by atoms with van der Waals surface area (Å²) in [6.07, 6.45) is 2.03. The lowest BCUT2D eigenvalue weighted by Crippen LogP contribution is -2.23. The molecule has 174 valence electrons. The Morgan fingerprint density at radius 1 is 0.971 bits per heavy atom. The number of aryl methyl sites for hydroxylation is 1. The van der Waals surface area contributed by atoms with E-state index >= 15 is 0 Å². The van der Waals surface area contributed by atoms with Gasteiger partial charge in [-0.05, 0) is 72.4 Å². The highest BCUT2D eigenvalue weighted by molar-refractivity contribution is 6.30. The first kappa shape index (κ1) is 22.8. The molecule has 1 aliphatic rings. The number of halogens is 2. The van der Waals surface area contributed by atoms with Crippen LogP contribution in [0.4, 0.5) is 4.79 Å². The number of imidazole rings is 1. The summed E-state index contributed by atoms with van der Waals surface area (Å²) in [5, 5.41) is 12.8. The third-order valence-corrected chi connectivity index (χ3v) is 6.82. The number of aromatic nitrogens is 2. The Hall–Kier alpha value is -3.02. The van der Waals surface area contributed by atoms with Gasteiger partial charge in [-0.25, -0.2) is 9.78 Å². The zero-order valence-corrected chi connectivity index (χ0v) is 20.1. The maximum Gasteiger partial charge on any atom is 0.404 e. The Morgan fingerprint density at radius 2 is 1.56 bits per heavy atom. The van der Waals surface area contributed by atoms with E-state index in [1.54, 1.807) is 0 Å². The van der Waals surface area contributed by atoms with E-state index in [4.69, 9.17) is 33.3 Å². The molecule has 1 saturated carbocycles. The van der Waals surface area contributed by atoms with Crippen LogP contribution < -0.4 is 5.32 Å². The van der Waals surface area contributed by atoms with Gasteiger partial charge in [0.2, 0.25) is 0 Å². The number of rotatable bonds is 8. The SMILES string of the molecule is O=C(O)NCCCn1c(C2CC2)nc2ccc(C(c3ccc(Cl)cc3)c3ccc(Cl)cc3)cc21. The quantitative estimate of drug-likeness (QED) is 0.204. The van der Waals surface area contributed by atoms with Crippen LogP contribution >= 0.6 is 23.2 Å². The molecule has 1 aromatic heterocycles. The predicted octanol–water partition coefficient (Wildman–Crippen LogP) is 7.06. The fourth-order valence-electron chi connectivity index (χ4n) is 4.55. The highest BCUT2D eigenvalue weighted by Crippen LogP contribution is 2.41. The van der Waals surface area contributed by atoms with Crippen molar-refractivity contribution in [2.75, 3.05) is 6.54 Å². The zero-order valence-electron chi connectivity index (χ0n) is 18.5. The first-order valence-corrected chi connectivity index (χ1v) is 12.2. The van der Waals surface area contributed by atoms with E-state index in [9.17, 15) is 4.79 Å². The number of nitrogens with zero attached hydrogens (tertiary/aromatic N) is 2. The first-order valence-electron chi connectivity index (χ1n) is 11.5. The van der Waals surface area contributed by atoms with Gasteiger partial charge >= 0.3 is 6.09 Å². The number of nitrogens with one attached hydrogen (secondary N) is 1. The van der Waals surface area contributed by atoms with Gasteiger partial charge in [-0.3, -0.25) is 0 Å². The van der Waals surface area contributed by atoms with Crippen LogP contribution in [-0.2, 0) is 6.54 Å². The van der Waals surface area contributed by atoms with Crippen molar-refractivity contribution < 1.29 is 9.90 Å². The minimum absolute atomic E-state index is 0.0142. The van der Waals surface area contributed by atoms with Crippen LogP contribution in [0.3, 0.4) is 0 Å². The molecule has 34 heavy (non-hydrogen) atoms. The van der Waals surface area contributed by atoms with Crippen molar-refractivity contribution in [3.8, 4) is 0 Å². The standard InChI is InChI=1S/C27H25Cl2N3O2/c28-21-9-4-17(5-10-21)25(18-6-11-22(29)12-7-18)20-8-13-23-24(16-20)32(15-1-14-30-27(33)34)26(31-23)19-2-3-19/h4-13,16,19,25,30H,1-3,14-15H2,(H,33,34). The minimum atomic E-state index is -0.992. The summed E-state index contributed by atoms with van der Waals surface area (Å²) in [7, 11) is 0. The van der Waals surface area contributed by atoms with E-state index in [1.165, 1.54) is 0 Å². The van der Waals surface area contributed by atoms with Gasteiger partial charge in [-0.2, -0.15) is 0 Å². The van der Waals surface area contributed by atoms with Crippen molar-refractivity contribution >= 4 is 40.3 Å². The van der Waals surface area contributed by atoms with E-state index in [0.29, 0.717) is 28.9 Å². The molecule has 0 unspecified atom stereocenters. The Kier molecular flexibility index (Phi) is 6.48. The molecule has 0 radical (unpaired) electrons. The van der Waals surface area contributed by atoms with Gasteiger partial charge in [0.25, 0.3) is 0 Å². The molecular formula is C27H25Cl2N3O2. The Bertz CT molecular complexity index is 1270. The highest BCUT2D eigenvalue weighted by Gasteiger charge is 2.30. The number of carboxylic acid groups (broad SMARTS) is 1. The molecule has 1 aliphatic carbocycles. The number of amides is 1. The molecule has 1 amide bonds. The molecule has 5 nitrogen and oxygen atoms in total. The maximum absolute atomic E-state index is 10.8. The van der Waals surface area contributed by atoms with Gasteiger partial charge in [0.15, 0.2) is 0 Å². The van der Waals surface area contributed by atoms with Gasteiger partial charge in [-0.15, -0.1) is 0 Å². The van der Waals surface area contributed by atoms with Gasteiger partial charge in [0, 0.05) is 35.0 Å².